The van der Waals surface area contributed by atoms with Crippen LogP contribution in [-0.2, 0) is 0 Å². The Labute approximate surface area is 158 Å². The monoisotopic (exact) mass is 387 g/mol. The molecule has 3 aromatic rings. The number of halogens is 1. The normalized spacial score (nSPS) is 15.6. The van der Waals surface area contributed by atoms with Gasteiger partial charge in [0.15, 0.2) is 5.69 Å². The number of thiophene rings is 1. The van der Waals surface area contributed by atoms with Crippen molar-refractivity contribution in [3.05, 3.63) is 46.5 Å². The van der Waals surface area contributed by atoms with Crippen molar-refractivity contribution in [2.24, 2.45) is 0 Å². The lowest BCUT2D eigenvalue weighted by molar-refractivity contribution is 0.00567. The van der Waals surface area contributed by atoms with Crippen LogP contribution in [-0.4, -0.2) is 50.1 Å². The first kappa shape index (κ1) is 17.7. The Morgan fingerprint density at radius 3 is 2.85 bits per heavy atom. The number of carbonyl (C=O) groups is 1. The molecule has 0 unspecified atom stereocenters. The number of anilines is 1. The summed E-state index contributed by atoms with van der Waals surface area (Å²) in [5.74, 6) is -0.350. The second-order valence-corrected chi connectivity index (χ2v) is 7.89. The first-order valence-corrected chi connectivity index (χ1v) is 9.35. The fraction of sp³-hybridized carbons (Fsp3) is 0.333. The zero-order valence-electron chi connectivity index (χ0n) is 14.8. The predicted molar refractivity (Wildman–Crippen MR) is 100 cm³/mol. The molecule has 4 rings (SSSR count). The van der Waals surface area contributed by atoms with Gasteiger partial charge in [-0.1, -0.05) is 0 Å². The number of hydrogen-bond donors (Lipinski definition) is 2. The van der Waals surface area contributed by atoms with E-state index in [0.717, 1.165) is 15.8 Å². The maximum absolute atomic E-state index is 13.4. The molecule has 1 aliphatic heterocycles. The summed E-state index contributed by atoms with van der Waals surface area (Å²) in [5.41, 5.74) is 1.65. The van der Waals surface area contributed by atoms with E-state index in [4.69, 9.17) is 0 Å². The van der Waals surface area contributed by atoms with E-state index < -0.39 is 11.9 Å². The average molecular weight is 387 g/mol. The third-order valence-electron chi connectivity index (χ3n) is 4.42. The summed E-state index contributed by atoms with van der Waals surface area (Å²) in [4.78, 5) is 28.2. The van der Waals surface area contributed by atoms with Crippen LogP contribution in [0.1, 0.15) is 33.9 Å². The molecule has 0 aromatic carbocycles. The van der Waals surface area contributed by atoms with Gasteiger partial charge in [-0.2, -0.15) is 0 Å². The molecule has 140 valence electrons. The first-order valence-electron chi connectivity index (χ1n) is 8.53. The van der Waals surface area contributed by atoms with Gasteiger partial charge in [0.1, 0.15) is 5.82 Å². The molecule has 1 aliphatic rings. The Bertz CT molecular complexity index is 1020. The number of nitrogens with zero attached hydrogens (tertiary/aromatic N) is 4. The molecule has 0 saturated carbocycles. The van der Waals surface area contributed by atoms with Crippen molar-refractivity contribution in [1.82, 2.24) is 19.9 Å². The SMILES string of the molecule is Cc1cc2nc(N[C@@H](C)c3cncc(F)c3)nc(C(=O)N3CC(O)C3)c2s1. The van der Waals surface area contributed by atoms with Crippen LogP contribution in [0.25, 0.3) is 10.2 Å². The number of nitrogens with one attached hydrogen (secondary N) is 1. The molecule has 7 nitrogen and oxygen atoms in total. The number of aromatic nitrogens is 3. The number of rotatable bonds is 4. The van der Waals surface area contributed by atoms with Gasteiger partial charge in [-0.3, -0.25) is 9.78 Å². The molecule has 1 amide bonds. The Hall–Kier alpha value is -2.65. The number of aliphatic hydroxyl groups is 1. The molecule has 0 bridgehead atoms. The molecule has 0 aliphatic carbocycles. The Morgan fingerprint density at radius 1 is 1.37 bits per heavy atom. The van der Waals surface area contributed by atoms with Crippen molar-refractivity contribution < 1.29 is 14.3 Å². The molecule has 0 spiro atoms. The Balaban J connectivity index is 1.68. The van der Waals surface area contributed by atoms with Gasteiger partial charge in [-0.05, 0) is 31.5 Å². The van der Waals surface area contributed by atoms with E-state index in [1.807, 2.05) is 19.9 Å². The number of pyridine rings is 1. The van der Waals surface area contributed by atoms with Crippen molar-refractivity contribution >= 4 is 33.4 Å². The van der Waals surface area contributed by atoms with Crippen LogP contribution in [0.2, 0.25) is 0 Å². The summed E-state index contributed by atoms with van der Waals surface area (Å²) in [6, 6.07) is 3.01. The second kappa shape index (κ2) is 6.82. The quantitative estimate of drug-likeness (QED) is 0.715. The smallest absolute Gasteiger partial charge is 0.274 e. The van der Waals surface area contributed by atoms with Gasteiger partial charge in [0.05, 0.1) is 28.6 Å². The number of likely N-dealkylation sites (tertiary alicyclic amines) is 1. The van der Waals surface area contributed by atoms with E-state index in [9.17, 15) is 14.3 Å². The van der Waals surface area contributed by atoms with Gasteiger partial charge in [0.25, 0.3) is 5.91 Å². The summed E-state index contributed by atoms with van der Waals surface area (Å²) in [6.07, 6.45) is 2.24. The van der Waals surface area contributed by atoms with E-state index in [0.29, 0.717) is 35.8 Å². The maximum atomic E-state index is 13.4. The molecule has 2 N–H and O–H groups in total. The molecular weight excluding hydrogens is 369 g/mol. The number of amides is 1. The van der Waals surface area contributed by atoms with E-state index in [1.54, 1.807) is 11.1 Å². The zero-order valence-corrected chi connectivity index (χ0v) is 15.6. The molecule has 1 atom stereocenters. The van der Waals surface area contributed by atoms with Crippen LogP contribution in [0.3, 0.4) is 0 Å². The van der Waals surface area contributed by atoms with Crippen LogP contribution in [0, 0.1) is 12.7 Å². The number of aryl methyl sites for hydroxylation is 1. The van der Waals surface area contributed by atoms with Crippen molar-refractivity contribution in [1.29, 1.82) is 0 Å². The minimum Gasteiger partial charge on any atom is -0.389 e. The largest absolute Gasteiger partial charge is 0.389 e. The molecule has 9 heteroatoms. The number of fused-ring (bicyclic) bond motifs is 1. The van der Waals surface area contributed by atoms with E-state index >= 15 is 0 Å². The lowest BCUT2D eigenvalue weighted by atomic mass is 10.1. The Morgan fingerprint density at radius 2 is 2.15 bits per heavy atom. The zero-order chi connectivity index (χ0) is 19.1. The summed E-state index contributed by atoms with van der Waals surface area (Å²) in [6.45, 7) is 4.41. The van der Waals surface area contributed by atoms with Crippen LogP contribution in [0.5, 0.6) is 0 Å². The molecule has 1 fully saturated rings. The number of β-amino-alcohol motifs (C(OH)–C–C–N with tert-alkyl or cyclic N) is 1. The molecule has 0 radical (unpaired) electrons. The van der Waals surface area contributed by atoms with Crippen molar-refractivity contribution in [2.45, 2.75) is 26.0 Å². The van der Waals surface area contributed by atoms with Gasteiger partial charge in [-0.15, -0.1) is 11.3 Å². The lowest BCUT2D eigenvalue weighted by Crippen LogP contribution is -2.53. The van der Waals surface area contributed by atoms with Crippen LogP contribution in [0.15, 0.2) is 24.5 Å². The predicted octanol–water partition coefficient (Wildman–Crippen LogP) is 2.52. The van der Waals surface area contributed by atoms with Crippen molar-refractivity contribution in [3.63, 3.8) is 0 Å². The van der Waals surface area contributed by atoms with Crippen LogP contribution < -0.4 is 5.32 Å². The van der Waals surface area contributed by atoms with E-state index in [1.165, 1.54) is 17.4 Å². The highest BCUT2D eigenvalue weighted by atomic mass is 32.1. The highest BCUT2D eigenvalue weighted by Gasteiger charge is 2.32. The Kier molecular flexibility index (Phi) is 4.48. The van der Waals surface area contributed by atoms with Crippen molar-refractivity contribution in [3.8, 4) is 0 Å². The van der Waals surface area contributed by atoms with Gasteiger partial charge in [-0.25, -0.2) is 14.4 Å². The fourth-order valence-corrected chi connectivity index (χ4v) is 3.90. The van der Waals surface area contributed by atoms with E-state index in [-0.39, 0.29) is 11.9 Å². The average Bonchev–Trinajstić information content (AvgIpc) is 2.97. The molecule has 3 aromatic heterocycles. The topological polar surface area (TPSA) is 91.2 Å². The number of aliphatic hydroxyl groups excluding tert-OH is 1. The highest BCUT2D eigenvalue weighted by molar-refractivity contribution is 7.19. The summed E-state index contributed by atoms with van der Waals surface area (Å²) in [7, 11) is 0. The molecule has 4 heterocycles. The summed E-state index contributed by atoms with van der Waals surface area (Å²) < 4.78 is 14.1. The summed E-state index contributed by atoms with van der Waals surface area (Å²) >= 11 is 1.46. The van der Waals surface area contributed by atoms with Gasteiger partial charge in [0.2, 0.25) is 5.95 Å². The van der Waals surface area contributed by atoms with Crippen LogP contribution >= 0.6 is 11.3 Å². The second-order valence-electron chi connectivity index (χ2n) is 6.63. The molecular formula is C18H18FN5O2S. The fourth-order valence-electron chi connectivity index (χ4n) is 2.97. The van der Waals surface area contributed by atoms with Crippen molar-refractivity contribution in [2.75, 3.05) is 18.4 Å². The molecule has 1 saturated heterocycles. The standard InChI is InChI=1S/C18H18FN5O2S/c1-9-3-14-16(27-9)15(17(26)24-7-13(25)8-24)23-18(22-14)21-10(2)11-4-12(19)6-20-5-11/h3-6,10,13,25H,7-8H2,1-2H3,(H,21,22,23)/t10-/m0/s1. The highest BCUT2D eigenvalue weighted by Crippen LogP contribution is 2.29. The minimum atomic E-state index is -0.477. The van der Waals surface area contributed by atoms with Crippen LogP contribution in [0.4, 0.5) is 10.3 Å². The number of hydrogen-bond acceptors (Lipinski definition) is 7. The van der Waals surface area contributed by atoms with Gasteiger partial charge < -0.3 is 15.3 Å². The third kappa shape index (κ3) is 3.47. The van der Waals surface area contributed by atoms with Gasteiger partial charge in [0, 0.05) is 24.2 Å². The summed E-state index contributed by atoms with van der Waals surface area (Å²) in [5, 5.41) is 12.6. The lowest BCUT2D eigenvalue weighted by Gasteiger charge is -2.35. The third-order valence-corrected chi connectivity index (χ3v) is 5.46. The molecule has 27 heavy (non-hydrogen) atoms. The maximum Gasteiger partial charge on any atom is 0.274 e. The first-order chi connectivity index (χ1) is 12.9. The number of carbonyl (C=O) groups excluding carboxylic acids is 1. The van der Waals surface area contributed by atoms with E-state index in [2.05, 4.69) is 20.3 Å². The van der Waals surface area contributed by atoms with Gasteiger partial charge >= 0.3 is 0 Å². The minimum absolute atomic E-state index is 0.224.